The van der Waals surface area contributed by atoms with Gasteiger partial charge in [-0.15, -0.1) is 0 Å². The van der Waals surface area contributed by atoms with Crippen molar-refractivity contribution in [2.75, 3.05) is 0 Å². The summed E-state index contributed by atoms with van der Waals surface area (Å²) in [5.74, 6) is 0. The molecular formula is C13H21ClN2O3S. The summed E-state index contributed by atoms with van der Waals surface area (Å²) in [5.41, 5.74) is -0.502. The van der Waals surface area contributed by atoms with E-state index in [0.29, 0.717) is 0 Å². The second kappa shape index (κ2) is 7.81. The zero-order chi connectivity index (χ0) is 15.2. The minimum Gasteiger partial charge on any atom is -0.326 e. The molecule has 0 radical (unpaired) electrons. The number of nitrogens with one attached hydrogen (secondary N) is 2. The Bertz CT molecular complexity index is 584. The molecule has 0 bridgehead atoms. The second-order valence-corrected chi connectivity index (χ2v) is 7.01. The van der Waals surface area contributed by atoms with Gasteiger partial charge in [-0.3, -0.25) is 4.79 Å². The van der Waals surface area contributed by atoms with Crippen LogP contribution in [0.4, 0.5) is 0 Å². The van der Waals surface area contributed by atoms with Crippen LogP contribution in [-0.2, 0) is 10.0 Å². The topological polar surface area (TPSA) is 79.0 Å². The number of aromatic amines is 1. The van der Waals surface area contributed by atoms with Gasteiger partial charge in [-0.05, 0) is 19.4 Å². The number of unbranched alkanes of at least 4 members (excludes halogenated alkanes) is 3. The van der Waals surface area contributed by atoms with E-state index in [0.717, 1.165) is 44.4 Å². The molecule has 5 nitrogen and oxygen atoms in total. The van der Waals surface area contributed by atoms with Gasteiger partial charge < -0.3 is 4.98 Å². The zero-order valence-corrected chi connectivity index (χ0v) is 13.4. The first-order chi connectivity index (χ1) is 9.36. The summed E-state index contributed by atoms with van der Waals surface area (Å²) in [5, 5.41) is -0.136. The smallest absolute Gasteiger partial charge is 0.266 e. The summed E-state index contributed by atoms with van der Waals surface area (Å²) < 4.78 is 26.8. The highest BCUT2D eigenvalue weighted by Crippen LogP contribution is 2.12. The first-order valence-corrected chi connectivity index (χ1v) is 8.63. The Labute approximate surface area is 124 Å². The maximum atomic E-state index is 12.1. The predicted molar refractivity (Wildman–Crippen MR) is 80.6 cm³/mol. The number of H-pyrrole nitrogens is 1. The van der Waals surface area contributed by atoms with Gasteiger partial charge in [-0.2, -0.15) is 0 Å². The molecule has 0 saturated heterocycles. The molecule has 1 atom stereocenters. The van der Waals surface area contributed by atoms with Crippen LogP contribution >= 0.6 is 11.6 Å². The molecule has 0 amide bonds. The largest absolute Gasteiger partial charge is 0.326 e. The van der Waals surface area contributed by atoms with Crippen molar-refractivity contribution in [2.45, 2.75) is 56.9 Å². The molecule has 1 aromatic rings. The predicted octanol–water partition coefficient (Wildman–Crippen LogP) is 2.67. The molecule has 114 valence electrons. The van der Waals surface area contributed by atoms with E-state index in [2.05, 4.69) is 16.6 Å². The first-order valence-electron chi connectivity index (χ1n) is 6.77. The van der Waals surface area contributed by atoms with Crippen molar-refractivity contribution in [3.63, 3.8) is 0 Å². The summed E-state index contributed by atoms with van der Waals surface area (Å²) in [6.07, 6.45) is 6.35. The SMILES string of the molecule is CCCCCCC(C)NS(=O)(=O)c1c[nH]c(=O)c(Cl)c1. The zero-order valence-electron chi connectivity index (χ0n) is 11.8. The van der Waals surface area contributed by atoms with E-state index in [9.17, 15) is 13.2 Å². The van der Waals surface area contributed by atoms with Crippen molar-refractivity contribution in [3.8, 4) is 0 Å². The monoisotopic (exact) mass is 320 g/mol. The summed E-state index contributed by atoms with van der Waals surface area (Å²) in [6.45, 7) is 3.96. The van der Waals surface area contributed by atoms with Crippen LogP contribution in [0.25, 0.3) is 0 Å². The van der Waals surface area contributed by atoms with Crippen molar-refractivity contribution in [1.82, 2.24) is 9.71 Å². The molecule has 2 N–H and O–H groups in total. The quantitative estimate of drug-likeness (QED) is 0.723. The average molecular weight is 321 g/mol. The van der Waals surface area contributed by atoms with Crippen LogP contribution in [0.5, 0.6) is 0 Å². The Balaban J connectivity index is 2.64. The van der Waals surface area contributed by atoms with Crippen LogP contribution in [0, 0.1) is 0 Å². The molecule has 7 heteroatoms. The highest BCUT2D eigenvalue weighted by Gasteiger charge is 2.18. The molecule has 0 saturated carbocycles. The molecule has 0 aliphatic heterocycles. The fraction of sp³-hybridized carbons (Fsp3) is 0.615. The summed E-state index contributed by atoms with van der Waals surface area (Å²) in [7, 11) is -3.65. The minimum absolute atomic E-state index is 0.0255. The van der Waals surface area contributed by atoms with Gasteiger partial charge in [0.1, 0.15) is 5.02 Å². The lowest BCUT2D eigenvalue weighted by Crippen LogP contribution is -2.33. The number of sulfonamides is 1. The minimum atomic E-state index is -3.65. The van der Waals surface area contributed by atoms with Crippen molar-refractivity contribution in [3.05, 3.63) is 27.6 Å². The lowest BCUT2D eigenvalue weighted by molar-refractivity contribution is 0.521. The number of pyridine rings is 1. The molecule has 20 heavy (non-hydrogen) atoms. The molecule has 0 aromatic carbocycles. The van der Waals surface area contributed by atoms with Crippen molar-refractivity contribution >= 4 is 21.6 Å². The van der Waals surface area contributed by atoms with Gasteiger partial charge in [0, 0.05) is 12.2 Å². The van der Waals surface area contributed by atoms with Gasteiger partial charge in [0.05, 0.1) is 4.90 Å². The lowest BCUT2D eigenvalue weighted by atomic mass is 10.1. The van der Waals surface area contributed by atoms with Gasteiger partial charge in [-0.1, -0.05) is 44.2 Å². The van der Waals surface area contributed by atoms with E-state index in [4.69, 9.17) is 11.6 Å². The Morgan fingerprint density at radius 2 is 2.05 bits per heavy atom. The fourth-order valence-electron chi connectivity index (χ4n) is 1.86. The molecule has 0 spiro atoms. The van der Waals surface area contributed by atoms with E-state index >= 15 is 0 Å². The van der Waals surface area contributed by atoms with Crippen molar-refractivity contribution in [2.24, 2.45) is 0 Å². The van der Waals surface area contributed by atoms with Gasteiger partial charge in [0.15, 0.2) is 0 Å². The Kier molecular flexibility index (Phi) is 6.71. The number of hydrogen-bond donors (Lipinski definition) is 2. The number of rotatable bonds is 8. The Hall–Kier alpha value is -0.850. The maximum Gasteiger partial charge on any atom is 0.266 e. The van der Waals surface area contributed by atoms with Crippen molar-refractivity contribution < 1.29 is 8.42 Å². The summed E-state index contributed by atoms with van der Waals surface area (Å²) in [4.78, 5) is 13.4. The van der Waals surface area contributed by atoms with E-state index in [1.54, 1.807) is 0 Å². The molecule has 0 aliphatic carbocycles. The molecule has 1 unspecified atom stereocenters. The number of aromatic nitrogens is 1. The Morgan fingerprint density at radius 3 is 2.65 bits per heavy atom. The highest BCUT2D eigenvalue weighted by molar-refractivity contribution is 7.89. The lowest BCUT2D eigenvalue weighted by Gasteiger charge is -2.14. The van der Waals surface area contributed by atoms with E-state index in [-0.39, 0.29) is 16.0 Å². The number of halogens is 1. The third-order valence-electron chi connectivity index (χ3n) is 2.99. The second-order valence-electron chi connectivity index (χ2n) is 4.88. The number of hydrogen-bond acceptors (Lipinski definition) is 3. The standard InChI is InChI=1S/C13H21ClN2O3S/c1-3-4-5-6-7-10(2)16-20(18,19)11-8-12(14)13(17)15-9-11/h8-10,16H,3-7H2,1-2H3,(H,15,17). The molecule has 1 rings (SSSR count). The van der Waals surface area contributed by atoms with Crippen LogP contribution in [0.15, 0.2) is 22.0 Å². The van der Waals surface area contributed by atoms with Crippen LogP contribution < -0.4 is 10.3 Å². The maximum absolute atomic E-state index is 12.1. The third kappa shape index (κ3) is 5.26. The Morgan fingerprint density at radius 1 is 1.35 bits per heavy atom. The van der Waals surface area contributed by atoms with Crippen molar-refractivity contribution in [1.29, 1.82) is 0 Å². The highest BCUT2D eigenvalue weighted by atomic mass is 35.5. The van der Waals surface area contributed by atoms with Crippen LogP contribution in [0.1, 0.15) is 46.0 Å². The molecular weight excluding hydrogens is 300 g/mol. The third-order valence-corrected chi connectivity index (χ3v) is 4.84. The average Bonchev–Trinajstić information content (AvgIpc) is 2.37. The van der Waals surface area contributed by atoms with E-state index in [1.807, 2.05) is 6.92 Å². The van der Waals surface area contributed by atoms with Gasteiger partial charge in [0.2, 0.25) is 10.0 Å². The normalized spacial score (nSPS) is 13.3. The van der Waals surface area contributed by atoms with E-state index in [1.165, 1.54) is 0 Å². The van der Waals surface area contributed by atoms with Gasteiger partial charge in [0.25, 0.3) is 5.56 Å². The first kappa shape index (κ1) is 17.2. The molecule has 0 aliphatic rings. The summed E-state index contributed by atoms with van der Waals surface area (Å²) >= 11 is 5.64. The molecule has 0 fully saturated rings. The van der Waals surface area contributed by atoms with Gasteiger partial charge in [-0.25, -0.2) is 13.1 Å². The van der Waals surface area contributed by atoms with Crippen LogP contribution in [-0.4, -0.2) is 19.4 Å². The van der Waals surface area contributed by atoms with Gasteiger partial charge >= 0.3 is 0 Å². The molecule has 1 heterocycles. The van der Waals surface area contributed by atoms with Crippen LogP contribution in [0.3, 0.4) is 0 Å². The fourth-order valence-corrected chi connectivity index (χ4v) is 3.37. The van der Waals surface area contributed by atoms with E-state index < -0.39 is 15.6 Å². The molecule has 1 aromatic heterocycles. The summed E-state index contributed by atoms with van der Waals surface area (Å²) in [6, 6.07) is 1.01. The van der Waals surface area contributed by atoms with Crippen LogP contribution in [0.2, 0.25) is 5.02 Å².